The second-order valence-corrected chi connectivity index (χ2v) is 4.84. The number of imide groups is 1. The summed E-state index contributed by atoms with van der Waals surface area (Å²) < 4.78 is 0.722. The molecule has 1 saturated heterocycles. The van der Waals surface area contributed by atoms with Gasteiger partial charge < -0.3 is 5.32 Å². The first kappa shape index (κ1) is 10.6. The molecule has 0 saturated carbocycles. The molecule has 1 fully saturated rings. The zero-order valence-electron chi connectivity index (χ0n) is 7.86. The molecule has 15 heavy (non-hydrogen) atoms. The van der Waals surface area contributed by atoms with Gasteiger partial charge in [0.15, 0.2) is 5.13 Å². The second kappa shape index (κ2) is 3.90. The molecule has 2 rings (SSSR count). The zero-order chi connectivity index (χ0) is 11.0. The maximum atomic E-state index is 11.5. The summed E-state index contributed by atoms with van der Waals surface area (Å²) in [5.41, 5.74) is 0. The molecule has 0 bridgehead atoms. The van der Waals surface area contributed by atoms with E-state index in [0.29, 0.717) is 5.13 Å². The molecule has 1 aromatic heterocycles. The molecule has 0 aromatic carbocycles. The van der Waals surface area contributed by atoms with E-state index < -0.39 is 6.04 Å². The molecule has 2 heterocycles. The van der Waals surface area contributed by atoms with E-state index in [1.54, 1.807) is 0 Å². The third-order valence-electron chi connectivity index (χ3n) is 2.16. The van der Waals surface area contributed by atoms with Gasteiger partial charge in [0, 0.05) is 12.4 Å². The lowest BCUT2D eigenvalue weighted by atomic mass is 10.2. The Labute approximate surface area is 98.6 Å². The van der Waals surface area contributed by atoms with Gasteiger partial charge in [0.25, 0.3) is 5.91 Å². The Kier molecular flexibility index (Phi) is 2.74. The monoisotopic (exact) mass is 289 g/mol. The molecule has 1 aliphatic rings. The third-order valence-corrected chi connectivity index (χ3v) is 3.64. The predicted octanol–water partition coefficient (Wildman–Crippen LogP) is 1.07. The van der Waals surface area contributed by atoms with Gasteiger partial charge in [-0.25, -0.2) is 4.98 Å². The average molecular weight is 290 g/mol. The highest BCUT2D eigenvalue weighted by atomic mass is 79.9. The first-order valence-corrected chi connectivity index (χ1v) is 5.93. The van der Waals surface area contributed by atoms with E-state index in [1.807, 2.05) is 5.38 Å². The van der Waals surface area contributed by atoms with Crippen LogP contribution >= 0.6 is 27.3 Å². The van der Waals surface area contributed by atoms with Crippen molar-refractivity contribution in [3.8, 4) is 0 Å². The molecule has 7 heteroatoms. The lowest BCUT2D eigenvalue weighted by Crippen LogP contribution is -2.31. The summed E-state index contributed by atoms with van der Waals surface area (Å²) in [5.74, 6) is -0.362. The van der Waals surface area contributed by atoms with Gasteiger partial charge in [0.2, 0.25) is 5.91 Å². The fourth-order valence-electron chi connectivity index (χ4n) is 1.34. The van der Waals surface area contributed by atoms with Gasteiger partial charge in [0.05, 0.1) is 6.42 Å². The molecular formula is C8H8BrN3O2S. The van der Waals surface area contributed by atoms with Crippen molar-refractivity contribution in [2.24, 2.45) is 0 Å². The highest BCUT2D eigenvalue weighted by Gasteiger charge is 2.36. The van der Waals surface area contributed by atoms with Crippen LogP contribution in [0.1, 0.15) is 6.42 Å². The summed E-state index contributed by atoms with van der Waals surface area (Å²) in [7, 11) is 1.49. The lowest BCUT2D eigenvalue weighted by Gasteiger charge is -2.09. The van der Waals surface area contributed by atoms with E-state index >= 15 is 0 Å². The summed E-state index contributed by atoms with van der Waals surface area (Å²) >= 11 is 4.61. The summed E-state index contributed by atoms with van der Waals surface area (Å²) in [5, 5.41) is 5.39. The van der Waals surface area contributed by atoms with E-state index in [2.05, 4.69) is 26.2 Å². The van der Waals surface area contributed by atoms with Crippen molar-refractivity contribution in [1.29, 1.82) is 0 Å². The minimum Gasteiger partial charge on any atom is -0.349 e. The van der Waals surface area contributed by atoms with Crippen LogP contribution in [0.3, 0.4) is 0 Å². The van der Waals surface area contributed by atoms with Crippen molar-refractivity contribution in [2.75, 3.05) is 12.4 Å². The van der Waals surface area contributed by atoms with E-state index in [1.165, 1.54) is 18.4 Å². The van der Waals surface area contributed by atoms with Crippen LogP contribution in [-0.4, -0.2) is 34.8 Å². The molecular weight excluding hydrogens is 282 g/mol. The van der Waals surface area contributed by atoms with E-state index in [0.717, 1.165) is 9.50 Å². The molecule has 1 aliphatic heterocycles. The normalized spacial score (nSPS) is 21.2. The summed E-state index contributed by atoms with van der Waals surface area (Å²) in [6.45, 7) is 0. The maximum absolute atomic E-state index is 11.5. The van der Waals surface area contributed by atoms with Crippen LogP contribution in [0, 0.1) is 0 Å². The molecule has 1 atom stereocenters. The number of rotatable bonds is 2. The van der Waals surface area contributed by atoms with Crippen molar-refractivity contribution >= 4 is 44.2 Å². The lowest BCUT2D eigenvalue weighted by molar-refractivity contribution is -0.136. The Bertz CT molecular complexity index is 420. The van der Waals surface area contributed by atoms with Crippen molar-refractivity contribution in [2.45, 2.75) is 12.5 Å². The van der Waals surface area contributed by atoms with E-state index in [4.69, 9.17) is 0 Å². The Hall–Kier alpha value is -0.950. The van der Waals surface area contributed by atoms with Crippen molar-refractivity contribution in [3.63, 3.8) is 0 Å². The molecule has 2 amide bonds. The number of carbonyl (C=O) groups is 2. The molecule has 1 N–H and O–H groups in total. The van der Waals surface area contributed by atoms with Crippen LogP contribution in [0.5, 0.6) is 0 Å². The van der Waals surface area contributed by atoms with Crippen molar-refractivity contribution < 1.29 is 9.59 Å². The Morgan fingerprint density at radius 3 is 2.87 bits per heavy atom. The molecule has 1 aromatic rings. The van der Waals surface area contributed by atoms with Gasteiger partial charge in [-0.1, -0.05) is 0 Å². The smallest absolute Gasteiger partial charge is 0.251 e. The van der Waals surface area contributed by atoms with E-state index in [9.17, 15) is 9.59 Å². The van der Waals surface area contributed by atoms with Crippen LogP contribution < -0.4 is 5.32 Å². The molecule has 0 radical (unpaired) electrons. The van der Waals surface area contributed by atoms with Crippen LogP contribution in [0.2, 0.25) is 0 Å². The van der Waals surface area contributed by atoms with Crippen molar-refractivity contribution in [3.05, 3.63) is 9.98 Å². The number of likely N-dealkylation sites (N-methyl/N-ethyl adjacent to an activating group) is 1. The molecule has 5 nitrogen and oxygen atoms in total. The summed E-state index contributed by atoms with van der Waals surface area (Å²) in [4.78, 5) is 28.0. The summed E-state index contributed by atoms with van der Waals surface area (Å²) in [6.07, 6.45) is 0.201. The van der Waals surface area contributed by atoms with Crippen molar-refractivity contribution in [1.82, 2.24) is 9.88 Å². The van der Waals surface area contributed by atoms with Gasteiger partial charge in [-0.3, -0.25) is 14.5 Å². The number of thiazole rings is 1. The van der Waals surface area contributed by atoms with Gasteiger partial charge in [-0.2, -0.15) is 0 Å². The largest absolute Gasteiger partial charge is 0.349 e. The fourth-order valence-corrected chi connectivity index (χ4v) is 2.54. The predicted molar refractivity (Wildman–Crippen MR) is 59.6 cm³/mol. The number of anilines is 1. The highest BCUT2D eigenvalue weighted by molar-refractivity contribution is 9.10. The number of hydrogen-bond donors (Lipinski definition) is 1. The first-order valence-electron chi connectivity index (χ1n) is 4.26. The minimum atomic E-state index is -0.472. The number of amides is 2. The van der Waals surface area contributed by atoms with Gasteiger partial charge in [0.1, 0.15) is 10.6 Å². The standard InChI is InChI=1S/C8H8BrN3O2S/c1-12-6(13)2-4(7(12)14)10-8-11-5(9)3-15-8/h3-4H,2H2,1H3,(H,10,11). The second-order valence-electron chi connectivity index (χ2n) is 3.17. The van der Waals surface area contributed by atoms with Crippen LogP contribution in [0.4, 0.5) is 5.13 Å². The number of hydrogen-bond acceptors (Lipinski definition) is 5. The number of aromatic nitrogens is 1. The molecule has 0 spiro atoms. The quantitative estimate of drug-likeness (QED) is 0.828. The molecule has 1 unspecified atom stereocenters. The Morgan fingerprint density at radius 1 is 1.67 bits per heavy atom. The Balaban J connectivity index is 2.08. The third kappa shape index (κ3) is 2.03. The number of likely N-dealkylation sites (tertiary alicyclic amines) is 1. The minimum absolute atomic E-state index is 0.159. The molecule has 80 valence electrons. The van der Waals surface area contributed by atoms with Crippen LogP contribution in [0.15, 0.2) is 9.98 Å². The van der Waals surface area contributed by atoms with Gasteiger partial charge in [-0.05, 0) is 15.9 Å². The fraction of sp³-hybridized carbons (Fsp3) is 0.375. The zero-order valence-corrected chi connectivity index (χ0v) is 10.3. The van der Waals surface area contributed by atoms with E-state index in [-0.39, 0.29) is 18.2 Å². The molecule has 0 aliphatic carbocycles. The number of nitrogens with one attached hydrogen (secondary N) is 1. The SMILES string of the molecule is CN1C(=O)CC(Nc2nc(Br)cs2)C1=O. The highest BCUT2D eigenvalue weighted by Crippen LogP contribution is 2.22. The Morgan fingerprint density at radius 2 is 2.40 bits per heavy atom. The topological polar surface area (TPSA) is 62.3 Å². The number of halogens is 1. The maximum Gasteiger partial charge on any atom is 0.251 e. The average Bonchev–Trinajstić information content (AvgIpc) is 2.68. The summed E-state index contributed by atoms with van der Waals surface area (Å²) in [6, 6.07) is -0.472. The first-order chi connectivity index (χ1) is 7.08. The number of nitrogens with zero attached hydrogens (tertiary/aromatic N) is 2. The van der Waals surface area contributed by atoms with Crippen LogP contribution in [-0.2, 0) is 9.59 Å². The van der Waals surface area contributed by atoms with Gasteiger partial charge in [-0.15, -0.1) is 11.3 Å². The van der Waals surface area contributed by atoms with Gasteiger partial charge >= 0.3 is 0 Å². The number of carbonyl (C=O) groups excluding carboxylic acids is 2. The van der Waals surface area contributed by atoms with Crippen LogP contribution in [0.25, 0.3) is 0 Å².